The van der Waals surface area contributed by atoms with Crippen molar-refractivity contribution in [3.63, 3.8) is 0 Å². The molecule has 12 heteroatoms. The molecule has 27 heavy (non-hydrogen) atoms. The van der Waals surface area contributed by atoms with E-state index in [0.29, 0.717) is 0 Å². The number of halogens is 3. The number of hydrogen-bond acceptors (Lipinski definition) is 8. The molecule has 0 saturated carbocycles. The zero-order valence-electron chi connectivity index (χ0n) is 14.0. The Kier molecular flexibility index (Phi) is 5.28. The summed E-state index contributed by atoms with van der Waals surface area (Å²) in [4.78, 5) is 33.7. The second kappa shape index (κ2) is 7.13. The van der Waals surface area contributed by atoms with Gasteiger partial charge < -0.3 is 19.5 Å². The van der Waals surface area contributed by atoms with Crippen LogP contribution in [-0.2, 0) is 19.1 Å². The molecule has 0 amide bonds. The fourth-order valence-electron chi connectivity index (χ4n) is 1.97. The molecule has 1 N–H and O–H groups in total. The van der Waals surface area contributed by atoms with Crippen LogP contribution in [0.1, 0.15) is 13.8 Å². The van der Waals surface area contributed by atoms with E-state index in [9.17, 15) is 32.9 Å². The number of hydrogen-bond donors (Lipinski definition) is 1. The number of rotatable bonds is 5. The molecule has 0 atom stereocenters. The number of carbonyl (C=O) groups is 2. The zero-order chi connectivity index (χ0) is 20.4. The van der Waals surface area contributed by atoms with Crippen molar-refractivity contribution in [2.75, 3.05) is 11.9 Å². The van der Waals surface area contributed by atoms with E-state index in [-0.39, 0.29) is 5.69 Å². The Balaban J connectivity index is 2.20. The number of nitrogens with zero attached hydrogens (tertiary/aromatic N) is 1. The summed E-state index contributed by atoms with van der Waals surface area (Å²) in [6.45, 7) is 1.02. The topological polar surface area (TPSA) is 117 Å². The van der Waals surface area contributed by atoms with Gasteiger partial charge in [0, 0.05) is 31.8 Å². The Morgan fingerprint density at radius 1 is 1.26 bits per heavy atom. The summed E-state index contributed by atoms with van der Waals surface area (Å²) in [5, 5.41) is 13.5. The molecule has 0 radical (unpaired) electrons. The van der Waals surface area contributed by atoms with E-state index in [1.165, 1.54) is 19.9 Å². The van der Waals surface area contributed by atoms with Crippen LogP contribution in [-0.4, -0.2) is 35.4 Å². The third-order valence-electron chi connectivity index (χ3n) is 3.05. The van der Waals surface area contributed by atoms with Crippen LogP contribution in [0.3, 0.4) is 0 Å². The number of nitro benzene ring substituents is 1. The molecule has 0 unspecified atom stereocenters. The standard InChI is InChI=1S/C15H13F3N2O7/c1-14(2)26-12(21)9(13(22)27-14)6-19-8-3-4-11(10(5-8)20(23)24)25-7-15(16,17)18/h3-6,19H,7H2,1-2H3. The number of benzene rings is 1. The van der Waals surface area contributed by atoms with Gasteiger partial charge in [-0.3, -0.25) is 10.1 Å². The van der Waals surface area contributed by atoms with Crippen LogP contribution in [0.4, 0.5) is 24.5 Å². The lowest BCUT2D eigenvalue weighted by atomic mass is 10.2. The second-order valence-electron chi connectivity index (χ2n) is 5.72. The summed E-state index contributed by atoms with van der Waals surface area (Å²) in [7, 11) is 0. The van der Waals surface area contributed by atoms with Gasteiger partial charge in [-0.15, -0.1) is 0 Å². The molecular formula is C15H13F3N2O7. The SMILES string of the molecule is CC1(C)OC(=O)C(=CNc2ccc(OCC(F)(F)F)c([N+](=O)[O-])c2)C(=O)O1. The smallest absolute Gasteiger partial charge is 0.422 e. The van der Waals surface area contributed by atoms with Crippen LogP contribution in [0, 0.1) is 10.1 Å². The van der Waals surface area contributed by atoms with Gasteiger partial charge in [-0.1, -0.05) is 0 Å². The van der Waals surface area contributed by atoms with Gasteiger partial charge in [0.25, 0.3) is 5.79 Å². The van der Waals surface area contributed by atoms with Gasteiger partial charge in [0.15, 0.2) is 17.9 Å². The highest BCUT2D eigenvalue weighted by Crippen LogP contribution is 2.32. The largest absolute Gasteiger partial charge is 0.477 e. The quantitative estimate of drug-likeness (QED) is 0.268. The predicted octanol–water partition coefficient (Wildman–Crippen LogP) is 2.67. The molecule has 1 aliphatic rings. The van der Waals surface area contributed by atoms with Crippen molar-refractivity contribution < 1.29 is 41.9 Å². The minimum atomic E-state index is -4.66. The summed E-state index contributed by atoms with van der Waals surface area (Å²) in [6, 6.07) is 3.00. The Morgan fingerprint density at radius 2 is 1.85 bits per heavy atom. The molecule has 1 heterocycles. The van der Waals surface area contributed by atoms with Crippen molar-refractivity contribution in [1.82, 2.24) is 0 Å². The number of ether oxygens (including phenoxy) is 3. The van der Waals surface area contributed by atoms with E-state index in [2.05, 4.69) is 10.1 Å². The van der Waals surface area contributed by atoms with Gasteiger partial charge in [-0.25, -0.2) is 9.59 Å². The molecule has 1 fully saturated rings. The molecule has 0 aromatic heterocycles. The van der Waals surface area contributed by atoms with Crippen LogP contribution < -0.4 is 10.1 Å². The fourth-order valence-corrected chi connectivity index (χ4v) is 1.97. The van der Waals surface area contributed by atoms with E-state index < -0.39 is 52.4 Å². The highest BCUT2D eigenvalue weighted by molar-refractivity contribution is 6.15. The van der Waals surface area contributed by atoms with Crippen molar-refractivity contribution in [1.29, 1.82) is 0 Å². The molecule has 2 rings (SSSR count). The molecule has 1 aromatic carbocycles. The third-order valence-corrected chi connectivity index (χ3v) is 3.05. The number of nitrogens with one attached hydrogen (secondary N) is 1. The van der Waals surface area contributed by atoms with Crippen LogP contribution in [0.25, 0.3) is 0 Å². The van der Waals surface area contributed by atoms with Gasteiger partial charge in [0.1, 0.15) is 0 Å². The minimum absolute atomic E-state index is 0.0130. The number of alkyl halides is 3. The highest BCUT2D eigenvalue weighted by atomic mass is 19.4. The maximum absolute atomic E-state index is 12.2. The van der Waals surface area contributed by atoms with Crippen molar-refractivity contribution >= 4 is 23.3 Å². The Labute approximate surface area is 149 Å². The minimum Gasteiger partial charge on any atom is -0.477 e. The maximum Gasteiger partial charge on any atom is 0.422 e. The molecule has 9 nitrogen and oxygen atoms in total. The van der Waals surface area contributed by atoms with E-state index in [1.807, 2.05) is 0 Å². The number of anilines is 1. The summed E-state index contributed by atoms with van der Waals surface area (Å²) in [5.41, 5.74) is -1.22. The van der Waals surface area contributed by atoms with Crippen molar-refractivity contribution in [2.24, 2.45) is 0 Å². The molecule has 146 valence electrons. The van der Waals surface area contributed by atoms with Gasteiger partial charge in [-0.2, -0.15) is 13.2 Å². The summed E-state index contributed by atoms with van der Waals surface area (Å²) in [5.74, 6) is -3.96. The van der Waals surface area contributed by atoms with E-state index in [1.54, 1.807) is 0 Å². The van der Waals surface area contributed by atoms with Gasteiger partial charge >= 0.3 is 23.8 Å². The van der Waals surface area contributed by atoms with Crippen LogP contribution >= 0.6 is 0 Å². The Morgan fingerprint density at radius 3 is 2.37 bits per heavy atom. The lowest BCUT2D eigenvalue weighted by Gasteiger charge is -2.29. The maximum atomic E-state index is 12.2. The van der Waals surface area contributed by atoms with Crippen molar-refractivity contribution in [3.8, 4) is 5.75 Å². The summed E-state index contributed by atoms with van der Waals surface area (Å²) >= 11 is 0. The van der Waals surface area contributed by atoms with Crippen molar-refractivity contribution in [3.05, 3.63) is 40.1 Å². The van der Waals surface area contributed by atoms with Gasteiger partial charge in [-0.05, 0) is 12.1 Å². The molecule has 1 aromatic rings. The number of nitro groups is 1. The number of esters is 2. The molecule has 0 aliphatic carbocycles. The summed E-state index contributed by atoms with van der Waals surface area (Å²) < 4.78 is 50.8. The fraction of sp³-hybridized carbons (Fsp3) is 0.333. The lowest BCUT2D eigenvalue weighted by Crippen LogP contribution is -2.42. The lowest BCUT2D eigenvalue weighted by molar-refractivity contribution is -0.386. The molecule has 0 spiro atoms. The number of cyclic esters (lactones) is 2. The first-order chi connectivity index (χ1) is 12.4. The normalized spacial score (nSPS) is 16.3. The molecule has 1 aliphatic heterocycles. The average Bonchev–Trinajstić information content (AvgIpc) is 2.50. The number of carbonyl (C=O) groups excluding carboxylic acids is 2. The van der Waals surface area contributed by atoms with Crippen molar-refractivity contribution in [2.45, 2.75) is 25.8 Å². The molecule has 0 bridgehead atoms. The Hall–Kier alpha value is -3.31. The summed E-state index contributed by atoms with van der Waals surface area (Å²) in [6.07, 6.45) is -3.75. The molecule has 1 saturated heterocycles. The van der Waals surface area contributed by atoms with Crippen LogP contribution in [0.2, 0.25) is 0 Å². The van der Waals surface area contributed by atoms with E-state index in [4.69, 9.17) is 9.47 Å². The van der Waals surface area contributed by atoms with E-state index >= 15 is 0 Å². The first-order valence-corrected chi connectivity index (χ1v) is 7.29. The van der Waals surface area contributed by atoms with E-state index in [0.717, 1.165) is 18.3 Å². The Bertz CT molecular complexity index is 796. The highest BCUT2D eigenvalue weighted by Gasteiger charge is 2.39. The van der Waals surface area contributed by atoms with Crippen LogP contribution in [0.15, 0.2) is 30.0 Å². The first kappa shape index (κ1) is 20.0. The van der Waals surface area contributed by atoms with Gasteiger partial charge in [0.2, 0.25) is 0 Å². The predicted molar refractivity (Wildman–Crippen MR) is 82.6 cm³/mol. The van der Waals surface area contributed by atoms with Gasteiger partial charge in [0.05, 0.1) is 4.92 Å². The first-order valence-electron chi connectivity index (χ1n) is 7.29. The average molecular weight is 390 g/mol. The van der Waals surface area contributed by atoms with Crippen LogP contribution in [0.5, 0.6) is 5.75 Å². The molecular weight excluding hydrogens is 377 g/mol. The zero-order valence-corrected chi connectivity index (χ0v) is 14.0. The second-order valence-corrected chi connectivity index (χ2v) is 5.72. The monoisotopic (exact) mass is 390 g/mol. The third kappa shape index (κ3) is 5.33.